The van der Waals surface area contributed by atoms with E-state index in [2.05, 4.69) is 452 Å². The van der Waals surface area contributed by atoms with E-state index in [0.29, 0.717) is 11.9 Å². The van der Waals surface area contributed by atoms with E-state index in [1.165, 1.54) is 159 Å². The van der Waals surface area contributed by atoms with E-state index in [1.54, 1.807) is 0 Å². The summed E-state index contributed by atoms with van der Waals surface area (Å²) in [5.41, 5.74) is 37.8. The zero-order valence-corrected chi connectivity index (χ0v) is 73.1. The molecule has 12 heteroatoms. The van der Waals surface area contributed by atoms with Crippen LogP contribution in [0.4, 0.5) is 0 Å². The van der Waals surface area contributed by atoms with Gasteiger partial charge in [-0.15, -0.1) is 0 Å². The fraction of sp³-hybridized carbons (Fsp3) is 0.0244. The molecule has 0 saturated carbocycles. The summed E-state index contributed by atoms with van der Waals surface area (Å²) in [6, 6.07) is 153. The van der Waals surface area contributed by atoms with E-state index < -0.39 is 0 Å². The molecule has 0 amide bonds. The molecule has 9 heterocycles. The number of rotatable bonds is 9. The van der Waals surface area contributed by atoms with Gasteiger partial charge in [-0.3, -0.25) is 9.13 Å². The third kappa shape index (κ3) is 11.6. The second kappa shape index (κ2) is 30.3. The van der Waals surface area contributed by atoms with Crippen molar-refractivity contribution in [2.45, 2.75) is 19.3 Å². The van der Waals surface area contributed by atoms with Gasteiger partial charge in [-0.2, -0.15) is 0 Å². The molecule has 630 valence electrons. The van der Waals surface area contributed by atoms with Gasteiger partial charge >= 0.3 is 0 Å². The van der Waals surface area contributed by atoms with E-state index in [-0.39, 0.29) is 0 Å². The second-order valence-corrected chi connectivity index (χ2v) is 35.4. The molecule has 3 aliphatic carbocycles. The lowest BCUT2D eigenvalue weighted by atomic mass is 10.0. The average Bonchev–Trinajstić information content (AvgIpc) is 1.54. The summed E-state index contributed by atoms with van der Waals surface area (Å²) in [5.74, 6) is 2.14. The van der Waals surface area contributed by atoms with Gasteiger partial charge in [0, 0.05) is 157 Å². The van der Waals surface area contributed by atoms with E-state index in [0.717, 1.165) is 115 Å². The molecule has 0 unspecified atom stereocenters. The Balaban J connectivity index is 0.000000101. The van der Waals surface area contributed by atoms with Gasteiger partial charge < -0.3 is 18.3 Å². The van der Waals surface area contributed by atoms with Crippen molar-refractivity contribution in [2.24, 2.45) is 0 Å². The molecule has 3 aliphatic rings. The maximum Gasteiger partial charge on any atom is 0.235 e. The average molecular weight is 1720 g/mol. The summed E-state index contributed by atoms with van der Waals surface area (Å²) in [6.45, 7) is 0. The minimum absolute atomic E-state index is 0.688. The zero-order chi connectivity index (χ0) is 88.5. The summed E-state index contributed by atoms with van der Waals surface area (Å²) in [4.78, 5) is 31.7. The predicted molar refractivity (Wildman–Crippen MR) is 553 cm³/mol. The van der Waals surface area contributed by atoms with Gasteiger partial charge in [0.25, 0.3) is 0 Å². The summed E-state index contributed by atoms with van der Waals surface area (Å²) >= 11 is 0. The smallest absolute Gasteiger partial charge is 0.235 e. The number of nitrogens with zero attached hydrogens (tertiary/aromatic N) is 12. The number of para-hydroxylation sites is 9. The molecule has 135 heavy (non-hydrogen) atoms. The summed E-state index contributed by atoms with van der Waals surface area (Å²) in [6.07, 6.45) is 4.47. The van der Waals surface area contributed by atoms with Gasteiger partial charge in [0.1, 0.15) is 0 Å². The van der Waals surface area contributed by atoms with Gasteiger partial charge in [-0.05, 0) is 95.6 Å². The SMILES string of the molecule is c1ccc(-c2nc(-c3ccccc3)c3c(n2)-c2cccc(-n4c5ccccc5c5ccc6c7ccccc7n(-c7ccccc7)c6c54)c2C3)cc1.c1ccc(-c2nc(-n3c4ccccc4c4ccc5c6ccccc6n(-c6ccccc6)c5c43)nc3c2Cc2ccccc2-3)cc1.c1ccc(-n2c3ccccc3c3ccc4c5ccccc5n(-c5ncc6c(n5)-c5ccccc5C6)c4c32)cc1. The quantitative estimate of drug-likeness (QED) is 0.142. The Morgan fingerprint density at radius 1 is 0.178 bits per heavy atom. The van der Waals surface area contributed by atoms with Gasteiger partial charge in [-0.25, -0.2) is 29.9 Å². The van der Waals surface area contributed by atoms with Crippen LogP contribution in [0.1, 0.15) is 33.4 Å². The van der Waals surface area contributed by atoms with Crippen LogP contribution in [0.15, 0.2) is 437 Å². The molecule has 0 aliphatic heterocycles. The molecule has 18 aromatic carbocycles. The van der Waals surface area contributed by atoms with Crippen molar-refractivity contribution < 1.29 is 0 Å². The van der Waals surface area contributed by atoms with Crippen molar-refractivity contribution in [2.75, 3.05) is 0 Å². The van der Waals surface area contributed by atoms with Crippen LogP contribution >= 0.6 is 0 Å². The Bertz CT molecular complexity index is 9580. The van der Waals surface area contributed by atoms with E-state index in [1.807, 2.05) is 12.3 Å². The van der Waals surface area contributed by atoms with E-state index >= 15 is 0 Å². The van der Waals surface area contributed by atoms with Crippen molar-refractivity contribution in [3.05, 3.63) is 470 Å². The first-order valence-corrected chi connectivity index (χ1v) is 46.2. The van der Waals surface area contributed by atoms with Crippen molar-refractivity contribution in [3.8, 4) is 102 Å². The third-order valence-corrected chi connectivity index (χ3v) is 28.1. The van der Waals surface area contributed by atoms with Crippen LogP contribution in [0, 0.1) is 0 Å². The Morgan fingerprint density at radius 3 is 0.933 bits per heavy atom. The van der Waals surface area contributed by atoms with Crippen molar-refractivity contribution >= 4 is 131 Å². The number of hydrogen-bond donors (Lipinski definition) is 0. The highest BCUT2D eigenvalue weighted by Gasteiger charge is 2.34. The second-order valence-electron chi connectivity index (χ2n) is 35.4. The zero-order valence-electron chi connectivity index (χ0n) is 73.1. The minimum atomic E-state index is 0.688. The molecular formula is C123H78N12. The Labute approximate surface area is 774 Å². The van der Waals surface area contributed by atoms with Gasteiger partial charge in [0.15, 0.2) is 5.82 Å². The number of benzene rings is 18. The first kappa shape index (κ1) is 75.9. The van der Waals surface area contributed by atoms with Crippen molar-refractivity contribution in [1.82, 2.24) is 57.3 Å². The van der Waals surface area contributed by atoms with Crippen molar-refractivity contribution in [1.29, 1.82) is 0 Å². The Morgan fingerprint density at radius 2 is 0.481 bits per heavy atom. The van der Waals surface area contributed by atoms with Crippen LogP contribution in [0.3, 0.4) is 0 Å². The molecule has 0 saturated heterocycles. The number of hydrogen-bond acceptors (Lipinski definition) is 6. The topological polar surface area (TPSA) is 107 Å². The molecule has 0 N–H and O–H groups in total. The molecule has 0 bridgehead atoms. The molecule has 0 radical (unpaired) electrons. The Hall–Kier alpha value is -18.0. The summed E-state index contributed by atoms with van der Waals surface area (Å²) in [7, 11) is 0. The molecule has 9 aromatic heterocycles. The largest absolute Gasteiger partial charge is 0.307 e. The maximum atomic E-state index is 5.45. The lowest BCUT2D eigenvalue weighted by Gasteiger charge is -2.15. The number of aromatic nitrogens is 12. The lowest BCUT2D eigenvalue weighted by Crippen LogP contribution is -2.06. The molecule has 0 spiro atoms. The molecule has 30 rings (SSSR count). The number of fused-ring (bicyclic) bond motifs is 30. The van der Waals surface area contributed by atoms with Gasteiger partial charge in [0.2, 0.25) is 11.9 Å². The van der Waals surface area contributed by atoms with Crippen LogP contribution < -0.4 is 0 Å². The fourth-order valence-corrected chi connectivity index (χ4v) is 22.4. The van der Waals surface area contributed by atoms with Crippen LogP contribution in [0.25, 0.3) is 233 Å². The summed E-state index contributed by atoms with van der Waals surface area (Å²) < 4.78 is 14.3. The van der Waals surface area contributed by atoms with Crippen molar-refractivity contribution in [3.63, 3.8) is 0 Å². The highest BCUT2D eigenvalue weighted by atomic mass is 15.2. The minimum Gasteiger partial charge on any atom is -0.307 e. The van der Waals surface area contributed by atoms with Crippen LogP contribution in [0.2, 0.25) is 0 Å². The standard InChI is InChI=1S/C47H30N4.C41H26N4.C35H22N4/c1-4-15-30(16-5-1)43-39-29-38-35(44(39)49-47(48-43)31-17-6-2-7-18-31)23-14-26-42(38)51-41-25-13-11-22-34(41)37-28-27-36-33-21-10-12-24-40(33)50(45(36)46(37)51)32-19-8-3-9-20-32;1-3-13-26(14-4-1)37-34-25-27-15-7-8-18-29(27)38(34)43-41(42-37)45-36-22-12-10-20-31(36)33-24-23-32-30-19-9-11-21-35(30)44(39(32)40(33)45)28-16-5-2-6-17-28;1-2-11-24(12-3-1)38-30-16-8-6-14-26(30)28-18-19-29-27-15-7-9-17-31(27)39(34(29)33(28)38)35-36-21-23-20-22-10-4-5-13-25(22)32(23)37-35/h1-28H,29H2;1-24H,25H2;1-19,21H,20H2. The van der Waals surface area contributed by atoms with Gasteiger partial charge in [-0.1, -0.05) is 352 Å². The van der Waals surface area contributed by atoms with Crippen LogP contribution in [-0.4, -0.2) is 57.3 Å². The molecule has 27 aromatic rings. The highest BCUT2D eigenvalue weighted by molar-refractivity contribution is 6.27. The first-order chi connectivity index (χ1) is 67.0. The molecular weight excluding hydrogens is 1650 g/mol. The lowest BCUT2D eigenvalue weighted by molar-refractivity contribution is 0.980. The van der Waals surface area contributed by atoms with E-state index in [4.69, 9.17) is 29.9 Å². The molecule has 0 fully saturated rings. The third-order valence-electron chi connectivity index (χ3n) is 28.1. The maximum absolute atomic E-state index is 5.45. The van der Waals surface area contributed by atoms with E-state index in [9.17, 15) is 0 Å². The monoisotopic (exact) mass is 1720 g/mol. The fourth-order valence-electron chi connectivity index (χ4n) is 22.4. The first-order valence-electron chi connectivity index (χ1n) is 46.2. The summed E-state index contributed by atoms with van der Waals surface area (Å²) in [5, 5.41) is 14.6. The highest BCUT2D eigenvalue weighted by Crippen LogP contribution is 2.51. The van der Waals surface area contributed by atoms with Crippen LogP contribution in [0.5, 0.6) is 0 Å². The van der Waals surface area contributed by atoms with Gasteiger partial charge in [0.05, 0.1) is 100 Å². The Kier molecular flexibility index (Phi) is 17.0. The molecule has 0 atom stereocenters. The van der Waals surface area contributed by atoms with Crippen LogP contribution in [-0.2, 0) is 19.3 Å². The molecule has 12 nitrogen and oxygen atoms in total. The predicted octanol–water partition coefficient (Wildman–Crippen LogP) is 29.7. The normalized spacial score (nSPS) is 12.4.